The summed E-state index contributed by atoms with van der Waals surface area (Å²) in [4.78, 5) is 0.795. The van der Waals surface area contributed by atoms with E-state index in [1.165, 1.54) is 34.8 Å². The topological polar surface area (TPSA) is 57.6 Å². The summed E-state index contributed by atoms with van der Waals surface area (Å²) in [6.07, 6.45) is 1.52. The summed E-state index contributed by atoms with van der Waals surface area (Å²) in [5.74, 6) is 0. The third-order valence-corrected chi connectivity index (χ3v) is 6.00. The Balaban J connectivity index is 3.16. The van der Waals surface area contributed by atoms with Crippen LogP contribution in [-0.4, -0.2) is 31.4 Å². The highest BCUT2D eigenvalue weighted by atomic mass is 79.9. The molecule has 0 aliphatic carbocycles. The number of likely N-dealkylation sites (N-methyl/N-ethyl adjacent to an activating group) is 1. The molecule has 0 saturated carbocycles. The number of rotatable bonds is 5. The van der Waals surface area contributed by atoms with Crippen molar-refractivity contribution in [3.05, 3.63) is 27.4 Å². The second kappa shape index (κ2) is 5.42. The van der Waals surface area contributed by atoms with Crippen molar-refractivity contribution in [2.45, 2.75) is 11.5 Å². The summed E-state index contributed by atoms with van der Waals surface area (Å²) >= 11 is 4.40. The molecule has 0 aliphatic heterocycles. The standard InChI is InChI=1S/C9H12BrNO3S2/c1-3-4-11(2)16(13,14)8-5-7(6-12)15-9(8)10/h3,5,12H,1,4,6H2,2H3. The first-order valence-corrected chi connectivity index (χ1v) is 7.44. The molecule has 7 heteroatoms. The maximum Gasteiger partial charge on any atom is 0.245 e. The molecule has 0 bridgehead atoms. The predicted octanol–water partition coefficient (Wildman–Crippen LogP) is 1.81. The molecule has 1 aromatic heterocycles. The zero-order chi connectivity index (χ0) is 12.3. The minimum atomic E-state index is -3.51. The second-order valence-electron chi connectivity index (χ2n) is 3.08. The third-order valence-electron chi connectivity index (χ3n) is 1.94. The average Bonchev–Trinajstić information content (AvgIpc) is 2.60. The lowest BCUT2D eigenvalue weighted by molar-refractivity contribution is 0.285. The molecular formula is C9H12BrNO3S2. The molecule has 16 heavy (non-hydrogen) atoms. The minimum Gasteiger partial charge on any atom is -0.391 e. The molecule has 90 valence electrons. The molecule has 0 aliphatic rings. The molecule has 0 unspecified atom stereocenters. The Hall–Kier alpha value is -0.210. The Labute approximate surface area is 107 Å². The molecule has 1 aromatic rings. The van der Waals surface area contributed by atoms with Gasteiger partial charge in [-0.15, -0.1) is 17.9 Å². The van der Waals surface area contributed by atoms with E-state index in [2.05, 4.69) is 22.5 Å². The van der Waals surface area contributed by atoms with E-state index in [1.54, 1.807) is 0 Å². The van der Waals surface area contributed by atoms with Gasteiger partial charge in [0, 0.05) is 18.5 Å². The fourth-order valence-corrected chi connectivity index (χ4v) is 4.73. The van der Waals surface area contributed by atoms with Crippen LogP contribution in [-0.2, 0) is 16.6 Å². The van der Waals surface area contributed by atoms with Gasteiger partial charge in [-0.25, -0.2) is 8.42 Å². The number of halogens is 1. The lowest BCUT2D eigenvalue weighted by atomic mass is 10.5. The number of hydrogen-bond donors (Lipinski definition) is 1. The SMILES string of the molecule is C=CCN(C)S(=O)(=O)c1cc(CO)sc1Br. The number of thiophene rings is 1. The van der Waals surface area contributed by atoms with Gasteiger partial charge in [0.25, 0.3) is 0 Å². The van der Waals surface area contributed by atoms with E-state index in [-0.39, 0.29) is 18.0 Å². The lowest BCUT2D eigenvalue weighted by Crippen LogP contribution is -2.26. The lowest BCUT2D eigenvalue weighted by Gasteiger charge is -2.14. The van der Waals surface area contributed by atoms with Gasteiger partial charge in [-0.3, -0.25) is 0 Å². The van der Waals surface area contributed by atoms with E-state index in [1.807, 2.05) is 0 Å². The van der Waals surface area contributed by atoms with E-state index >= 15 is 0 Å². The first-order valence-electron chi connectivity index (χ1n) is 4.39. The molecule has 1 rings (SSSR count). The summed E-state index contributed by atoms with van der Waals surface area (Å²) in [5, 5.41) is 8.95. The minimum absolute atomic E-state index is 0.163. The van der Waals surface area contributed by atoms with Crippen molar-refractivity contribution >= 4 is 37.3 Å². The Bertz CT molecular complexity index is 481. The van der Waals surface area contributed by atoms with Gasteiger partial charge < -0.3 is 5.11 Å². The molecule has 4 nitrogen and oxygen atoms in total. The highest BCUT2D eigenvalue weighted by Crippen LogP contribution is 2.33. The fourth-order valence-electron chi connectivity index (χ4n) is 1.10. The zero-order valence-corrected chi connectivity index (χ0v) is 11.9. The van der Waals surface area contributed by atoms with Gasteiger partial charge in [-0.05, 0) is 22.0 Å². The normalized spacial score (nSPS) is 12.0. The van der Waals surface area contributed by atoms with Crippen molar-refractivity contribution in [1.82, 2.24) is 4.31 Å². The highest BCUT2D eigenvalue weighted by molar-refractivity contribution is 9.11. The maximum atomic E-state index is 12.0. The van der Waals surface area contributed by atoms with Crippen LogP contribution in [0.25, 0.3) is 0 Å². The third kappa shape index (κ3) is 2.72. The van der Waals surface area contributed by atoms with E-state index < -0.39 is 10.0 Å². The van der Waals surface area contributed by atoms with Crippen LogP contribution in [0.1, 0.15) is 4.88 Å². The average molecular weight is 326 g/mol. The fraction of sp³-hybridized carbons (Fsp3) is 0.333. The van der Waals surface area contributed by atoms with E-state index in [0.717, 1.165) is 0 Å². The van der Waals surface area contributed by atoms with Crippen LogP contribution in [0.3, 0.4) is 0 Å². The van der Waals surface area contributed by atoms with Crippen LogP contribution in [0.15, 0.2) is 27.4 Å². The quantitative estimate of drug-likeness (QED) is 0.840. The first kappa shape index (κ1) is 13.9. The van der Waals surface area contributed by atoms with Crippen LogP contribution in [0.4, 0.5) is 0 Å². The van der Waals surface area contributed by atoms with E-state index in [4.69, 9.17) is 5.11 Å². The Kier molecular flexibility index (Phi) is 4.69. The van der Waals surface area contributed by atoms with Gasteiger partial charge in [0.05, 0.1) is 10.4 Å². The second-order valence-corrected chi connectivity index (χ2v) is 7.55. The Morgan fingerprint density at radius 1 is 1.69 bits per heavy atom. The van der Waals surface area contributed by atoms with Gasteiger partial charge in [0.1, 0.15) is 4.90 Å². The van der Waals surface area contributed by atoms with Gasteiger partial charge in [-0.1, -0.05) is 6.08 Å². The van der Waals surface area contributed by atoms with Gasteiger partial charge in [-0.2, -0.15) is 4.31 Å². The largest absolute Gasteiger partial charge is 0.391 e. The Morgan fingerprint density at radius 3 is 2.75 bits per heavy atom. The van der Waals surface area contributed by atoms with E-state index in [9.17, 15) is 8.42 Å². The number of nitrogens with zero attached hydrogens (tertiary/aromatic N) is 1. The summed E-state index contributed by atoms with van der Waals surface area (Å²) < 4.78 is 25.8. The van der Waals surface area contributed by atoms with Gasteiger partial charge in [0.2, 0.25) is 10.0 Å². The Morgan fingerprint density at radius 2 is 2.31 bits per heavy atom. The van der Waals surface area contributed by atoms with Crippen LogP contribution < -0.4 is 0 Å². The monoisotopic (exact) mass is 325 g/mol. The summed E-state index contributed by atoms with van der Waals surface area (Å²) in [7, 11) is -2.02. The molecule has 0 saturated heterocycles. The first-order chi connectivity index (χ1) is 7.43. The van der Waals surface area contributed by atoms with Gasteiger partial charge in [0.15, 0.2) is 0 Å². The van der Waals surface area contributed by atoms with E-state index in [0.29, 0.717) is 8.66 Å². The van der Waals surface area contributed by atoms with Crippen molar-refractivity contribution in [3.63, 3.8) is 0 Å². The molecule has 0 fully saturated rings. The van der Waals surface area contributed by atoms with Crippen molar-refractivity contribution < 1.29 is 13.5 Å². The number of sulfonamides is 1. The predicted molar refractivity (Wildman–Crippen MR) is 68.0 cm³/mol. The van der Waals surface area contributed by atoms with Crippen LogP contribution in [0.2, 0.25) is 0 Å². The summed E-state index contributed by atoms with van der Waals surface area (Å²) in [6, 6.07) is 1.48. The molecule has 0 aromatic carbocycles. The molecule has 0 spiro atoms. The maximum absolute atomic E-state index is 12.0. The smallest absolute Gasteiger partial charge is 0.245 e. The molecule has 0 radical (unpaired) electrons. The molecule has 1 N–H and O–H groups in total. The summed E-state index contributed by atoms with van der Waals surface area (Å²) in [6.45, 7) is 3.58. The number of hydrogen-bond acceptors (Lipinski definition) is 4. The zero-order valence-electron chi connectivity index (χ0n) is 8.68. The van der Waals surface area contributed by atoms with Crippen LogP contribution in [0.5, 0.6) is 0 Å². The van der Waals surface area contributed by atoms with Crippen molar-refractivity contribution in [2.24, 2.45) is 0 Å². The highest BCUT2D eigenvalue weighted by Gasteiger charge is 2.24. The number of aliphatic hydroxyl groups is 1. The summed E-state index contributed by atoms with van der Waals surface area (Å²) in [5.41, 5.74) is 0. The van der Waals surface area contributed by atoms with Gasteiger partial charge >= 0.3 is 0 Å². The van der Waals surface area contributed by atoms with Crippen LogP contribution >= 0.6 is 27.3 Å². The number of aliphatic hydroxyl groups excluding tert-OH is 1. The van der Waals surface area contributed by atoms with Crippen molar-refractivity contribution in [1.29, 1.82) is 0 Å². The molecule has 0 atom stereocenters. The molecule has 1 heterocycles. The molecular weight excluding hydrogens is 314 g/mol. The van der Waals surface area contributed by atoms with Crippen molar-refractivity contribution in [2.75, 3.05) is 13.6 Å². The molecule has 0 amide bonds. The van der Waals surface area contributed by atoms with Crippen LogP contribution in [0, 0.1) is 0 Å². The van der Waals surface area contributed by atoms with Crippen molar-refractivity contribution in [3.8, 4) is 0 Å².